The molecule has 7 heteroatoms. The van der Waals surface area contributed by atoms with Crippen molar-refractivity contribution in [2.75, 3.05) is 13.1 Å². The van der Waals surface area contributed by atoms with E-state index in [4.69, 9.17) is 0 Å². The number of carbonyl (C=O) groups is 1. The van der Waals surface area contributed by atoms with Crippen LogP contribution in [0.15, 0.2) is 10.9 Å². The van der Waals surface area contributed by atoms with Crippen LogP contribution in [0.3, 0.4) is 0 Å². The monoisotopic (exact) mass is 343 g/mol. The number of aromatic amines is 1. The molecule has 2 atom stereocenters. The summed E-state index contributed by atoms with van der Waals surface area (Å²) in [6, 6.07) is 1.48. The Morgan fingerprint density at radius 3 is 3.12 bits per heavy atom. The summed E-state index contributed by atoms with van der Waals surface area (Å²) < 4.78 is 1.69. The van der Waals surface area contributed by atoms with E-state index >= 15 is 0 Å². The van der Waals surface area contributed by atoms with Crippen molar-refractivity contribution in [3.8, 4) is 0 Å². The Balaban J connectivity index is 1.58. The van der Waals surface area contributed by atoms with Gasteiger partial charge < -0.3 is 10.6 Å². The minimum Gasteiger partial charge on any atom is -0.351 e. The zero-order valence-electron chi connectivity index (χ0n) is 14.8. The summed E-state index contributed by atoms with van der Waals surface area (Å²) in [6.45, 7) is 6.03. The molecule has 0 spiro atoms. The van der Waals surface area contributed by atoms with Gasteiger partial charge in [-0.05, 0) is 39.2 Å². The molecule has 0 bridgehead atoms. The molecule has 1 aliphatic heterocycles. The predicted octanol–water partition coefficient (Wildman–Crippen LogP) is 1.04. The number of nitrogens with one attached hydrogen (secondary N) is 3. The second-order valence-electron chi connectivity index (χ2n) is 7.49. The fourth-order valence-corrected chi connectivity index (χ4v) is 4.65. The van der Waals surface area contributed by atoms with Crippen LogP contribution in [0.25, 0.3) is 5.65 Å². The summed E-state index contributed by atoms with van der Waals surface area (Å²) >= 11 is 0. The van der Waals surface area contributed by atoms with E-state index in [2.05, 4.69) is 20.7 Å². The maximum absolute atomic E-state index is 13.0. The predicted molar refractivity (Wildman–Crippen MR) is 94.4 cm³/mol. The van der Waals surface area contributed by atoms with E-state index in [-0.39, 0.29) is 16.9 Å². The summed E-state index contributed by atoms with van der Waals surface area (Å²) in [5, 5.41) is 9.33. The van der Waals surface area contributed by atoms with Gasteiger partial charge in [-0.2, -0.15) is 0 Å². The highest BCUT2D eigenvalue weighted by Crippen LogP contribution is 2.43. The topological polar surface area (TPSA) is 91.3 Å². The summed E-state index contributed by atoms with van der Waals surface area (Å²) in [5.74, 6) is 0.604. The van der Waals surface area contributed by atoms with E-state index in [0.717, 1.165) is 49.3 Å². The number of aromatic nitrogens is 3. The molecular formula is C18H25N5O2. The fourth-order valence-electron chi connectivity index (χ4n) is 4.65. The number of carbonyl (C=O) groups excluding carboxylic acids is 1. The van der Waals surface area contributed by atoms with Crippen molar-refractivity contribution in [3.05, 3.63) is 33.4 Å². The third kappa shape index (κ3) is 2.57. The van der Waals surface area contributed by atoms with E-state index in [0.29, 0.717) is 18.1 Å². The Kier molecular flexibility index (Phi) is 3.91. The lowest BCUT2D eigenvalue weighted by Gasteiger charge is -2.37. The van der Waals surface area contributed by atoms with Gasteiger partial charge in [-0.1, -0.05) is 12.8 Å². The lowest BCUT2D eigenvalue weighted by molar-refractivity contribution is -0.134. The first-order chi connectivity index (χ1) is 12.0. The van der Waals surface area contributed by atoms with Gasteiger partial charge >= 0.3 is 0 Å². The van der Waals surface area contributed by atoms with Crippen molar-refractivity contribution in [2.24, 2.45) is 11.3 Å². The van der Waals surface area contributed by atoms with Crippen molar-refractivity contribution < 1.29 is 4.79 Å². The van der Waals surface area contributed by atoms with Gasteiger partial charge in [-0.3, -0.25) is 14.7 Å². The summed E-state index contributed by atoms with van der Waals surface area (Å²) in [7, 11) is 0. The van der Waals surface area contributed by atoms with Gasteiger partial charge in [-0.15, -0.1) is 0 Å². The van der Waals surface area contributed by atoms with Crippen molar-refractivity contribution in [1.29, 1.82) is 0 Å². The Hall–Kier alpha value is -2.15. The first kappa shape index (κ1) is 16.3. The van der Waals surface area contributed by atoms with Crippen LogP contribution in [0.2, 0.25) is 0 Å². The molecule has 25 heavy (non-hydrogen) atoms. The molecule has 0 aromatic carbocycles. The van der Waals surface area contributed by atoms with Gasteiger partial charge in [0.2, 0.25) is 5.91 Å². The molecule has 1 saturated heterocycles. The number of hydrogen-bond acceptors (Lipinski definition) is 4. The highest BCUT2D eigenvalue weighted by molar-refractivity contribution is 5.84. The molecule has 2 aliphatic rings. The first-order valence-electron chi connectivity index (χ1n) is 9.08. The Morgan fingerprint density at radius 2 is 2.28 bits per heavy atom. The maximum Gasteiger partial charge on any atom is 0.266 e. The second-order valence-corrected chi connectivity index (χ2v) is 7.49. The first-order valence-corrected chi connectivity index (χ1v) is 9.08. The van der Waals surface area contributed by atoms with Gasteiger partial charge in [-0.25, -0.2) is 9.50 Å². The van der Waals surface area contributed by atoms with Crippen molar-refractivity contribution >= 4 is 11.6 Å². The molecule has 0 unspecified atom stereocenters. The molecule has 2 fully saturated rings. The van der Waals surface area contributed by atoms with Gasteiger partial charge in [0.25, 0.3) is 5.56 Å². The van der Waals surface area contributed by atoms with Crippen molar-refractivity contribution in [1.82, 2.24) is 25.2 Å². The number of H-pyrrole nitrogens is 1. The largest absolute Gasteiger partial charge is 0.351 e. The molecule has 2 aromatic rings. The molecule has 2 aromatic heterocycles. The molecule has 1 amide bonds. The highest BCUT2D eigenvalue weighted by Gasteiger charge is 2.49. The molecule has 1 saturated carbocycles. The lowest BCUT2D eigenvalue weighted by atomic mass is 9.67. The molecule has 3 N–H and O–H groups in total. The quantitative estimate of drug-likeness (QED) is 0.776. The van der Waals surface area contributed by atoms with Crippen LogP contribution in [0.5, 0.6) is 0 Å². The SMILES string of the molecule is Cc1nc2cc(=O)[nH]n2c(C)c1CNC(=O)[C@@]12CCCC[C@H]1CNC2. The smallest absolute Gasteiger partial charge is 0.266 e. The minimum atomic E-state index is -0.251. The van der Waals surface area contributed by atoms with Gasteiger partial charge in [0.05, 0.1) is 5.41 Å². The Bertz CT molecular complexity index is 883. The minimum absolute atomic E-state index is 0.155. The van der Waals surface area contributed by atoms with Crippen LogP contribution < -0.4 is 16.2 Å². The van der Waals surface area contributed by atoms with Crippen LogP contribution in [0, 0.1) is 25.2 Å². The average molecular weight is 343 g/mol. The third-order valence-corrected chi connectivity index (χ3v) is 6.12. The number of aryl methyl sites for hydroxylation is 2. The number of rotatable bonds is 3. The standard InChI is InChI=1S/C18H25N5O2/c1-11-14(12(2)23-15(21-11)7-16(24)22-23)9-20-17(25)18-6-4-3-5-13(18)8-19-10-18/h7,13,19H,3-6,8-10H2,1-2H3,(H,20,25)(H,22,24)/t13-,18+/m0/s1. The van der Waals surface area contributed by atoms with E-state index in [1.54, 1.807) is 4.52 Å². The zero-order valence-corrected chi connectivity index (χ0v) is 14.8. The number of amides is 1. The van der Waals surface area contributed by atoms with Crippen molar-refractivity contribution in [3.63, 3.8) is 0 Å². The van der Waals surface area contributed by atoms with Gasteiger partial charge in [0.1, 0.15) is 0 Å². The van der Waals surface area contributed by atoms with Gasteiger partial charge in [0, 0.05) is 36.1 Å². The second kappa shape index (κ2) is 5.98. The fraction of sp³-hybridized carbons (Fsp3) is 0.611. The van der Waals surface area contributed by atoms with Crippen molar-refractivity contribution in [2.45, 2.75) is 46.1 Å². The summed E-state index contributed by atoms with van der Waals surface area (Å²) in [4.78, 5) is 29.1. The summed E-state index contributed by atoms with van der Waals surface area (Å²) in [5.41, 5.74) is 2.91. The van der Waals surface area contributed by atoms with E-state index < -0.39 is 0 Å². The molecule has 3 heterocycles. The van der Waals surface area contributed by atoms with Crippen LogP contribution in [0.4, 0.5) is 0 Å². The van der Waals surface area contributed by atoms with Crippen LogP contribution in [-0.2, 0) is 11.3 Å². The molecule has 1 aliphatic carbocycles. The molecule has 134 valence electrons. The Labute approximate surface area is 146 Å². The average Bonchev–Trinajstić information content (AvgIpc) is 3.18. The number of hydrogen-bond donors (Lipinski definition) is 3. The van der Waals surface area contributed by atoms with Gasteiger partial charge in [0.15, 0.2) is 5.65 Å². The van der Waals surface area contributed by atoms with E-state index in [9.17, 15) is 9.59 Å². The molecular weight excluding hydrogens is 318 g/mol. The maximum atomic E-state index is 13.0. The Morgan fingerprint density at radius 1 is 1.44 bits per heavy atom. The van der Waals surface area contributed by atoms with Crippen LogP contribution in [0.1, 0.15) is 42.6 Å². The van der Waals surface area contributed by atoms with E-state index in [1.807, 2.05) is 13.8 Å². The third-order valence-electron chi connectivity index (χ3n) is 6.12. The summed E-state index contributed by atoms with van der Waals surface area (Å²) in [6.07, 6.45) is 4.45. The zero-order chi connectivity index (χ0) is 17.6. The lowest BCUT2D eigenvalue weighted by Crippen LogP contribution is -2.47. The number of fused-ring (bicyclic) bond motifs is 2. The highest BCUT2D eigenvalue weighted by atomic mass is 16.2. The van der Waals surface area contributed by atoms with E-state index in [1.165, 1.54) is 12.5 Å². The van der Waals surface area contributed by atoms with Crippen LogP contribution >= 0.6 is 0 Å². The molecule has 4 rings (SSSR count). The molecule has 7 nitrogen and oxygen atoms in total. The van der Waals surface area contributed by atoms with Crippen LogP contribution in [-0.4, -0.2) is 33.6 Å². The normalized spacial score (nSPS) is 25.9. The molecule has 0 radical (unpaired) electrons. The number of nitrogens with zero attached hydrogens (tertiary/aromatic N) is 2.